The zero-order chi connectivity index (χ0) is 12.7. The van der Waals surface area contributed by atoms with Crippen LogP contribution in [0.1, 0.15) is 44.9 Å². The Bertz CT molecular complexity index is 282. The molecule has 1 rings (SSSR count). The SMILES string of the molecule is CCCC(N)CCN(Cc1cccs1)C(C)C. The summed E-state index contributed by atoms with van der Waals surface area (Å²) in [5, 5.41) is 2.15. The van der Waals surface area contributed by atoms with Crippen molar-refractivity contribution in [3.8, 4) is 0 Å². The molecule has 1 aromatic heterocycles. The van der Waals surface area contributed by atoms with Gasteiger partial charge in [0.1, 0.15) is 0 Å². The van der Waals surface area contributed by atoms with Gasteiger partial charge in [-0.1, -0.05) is 19.4 Å². The highest BCUT2D eigenvalue weighted by Gasteiger charge is 2.12. The first kappa shape index (κ1) is 14.7. The van der Waals surface area contributed by atoms with E-state index in [4.69, 9.17) is 5.73 Å². The molecule has 0 fully saturated rings. The van der Waals surface area contributed by atoms with Crippen LogP contribution in [-0.2, 0) is 6.54 Å². The maximum Gasteiger partial charge on any atom is 0.0330 e. The monoisotopic (exact) mass is 254 g/mol. The minimum Gasteiger partial charge on any atom is -0.328 e. The van der Waals surface area contributed by atoms with Crippen LogP contribution < -0.4 is 5.73 Å². The molecule has 0 saturated heterocycles. The van der Waals surface area contributed by atoms with Gasteiger partial charge in [-0.2, -0.15) is 0 Å². The van der Waals surface area contributed by atoms with Gasteiger partial charge >= 0.3 is 0 Å². The van der Waals surface area contributed by atoms with Gasteiger partial charge in [0, 0.05) is 30.1 Å². The topological polar surface area (TPSA) is 29.3 Å². The molecular formula is C14H26N2S. The number of nitrogens with zero attached hydrogens (tertiary/aromatic N) is 1. The fourth-order valence-electron chi connectivity index (χ4n) is 1.97. The van der Waals surface area contributed by atoms with Crippen LogP contribution >= 0.6 is 11.3 Å². The first-order valence-electron chi connectivity index (χ1n) is 6.65. The van der Waals surface area contributed by atoms with Crippen molar-refractivity contribution in [1.82, 2.24) is 4.90 Å². The zero-order valence-corrected chi connectivity index (χ0v) is 12.2. The fourth-order valence-corrected chi connectivity index (χ4v) is 2.70. The first-order chi connectivity index (χ1) is 8.13. The third-order valence-corrected chi connectivity index (χ3v) is 3.98. The second-order valence-electron chi connectivity index (χ2n) is 4.98. The van der Waals surface area contributed by atoms with E-state index in [2.05, 4.69) is 43.2 Å². The summed E-state index contributed by atoms with van der Waals surface area (Å²) in [4.78, 5) is 3.96. The summed E-state index contributed by atoms with van der Waals surface area (Å²) < 4.78 is 0. The molecule has 0 amide bonds. The van der Waals surface area contributed by atoms with Gasteiger partial charge in [0.25, 0.3) is 0 Å². The van der Waals surface area contributed by atoms with Crippen molar-refractivity contribution < 1.29 is 0 Å². The van der Waals surface area contributed by atoms with E-state index in [1.807, 2.05) is 11.3 Å². The van der Waals surface area contributed by atoms with Crippen LogP contribution in [0.15, 0.2) is 17.5 Å². The highest BCUT2D eigenvalue weighted by molar-refractivity contribution is 7.09. The number of hydrogen-bond acceptors (Lipinski definition) is 3. The van der Waals surface area contributed by atoms with Crippen LogP contribution in [-0.4, -0.2) is 23.5 Å². The Morgan fingerprint density at radius 2 is 2.12 bits per heavy atom. The second kappa shape index (κ2) is 7.85. The van der Waals surface area contributed by atoms with Crippen molar-refractivity contribution in [3.63, 3.8) is 0 Å². The van der Waals surface area contributed by atoms with Gasteiger partial charge in [0.2, 0.25) is 0 Å². The summed E-state index contributed by atoms with van der Waals surface area (Å²) in [7, 11) is 0. The summed E-state index contributed by atoms with van der Waals surface area (Å²) in [5.74, 6) is 0. The summed E-state index contributed by atoms with van der Waals surface area (Å²) in [6.07, 6.45) is 3.44. The molecule has 0 spiro atoms. The number of thiophene rings is 1. The predicted octanol–water partition coefficient (Wildman–Crippen LogP) is 3.48. The maximum atomic E-state index is 6.08. The average Bonchev–Trinajstić information content (AvgIpc) is 2.76. The van der Waals surface area contributed by atoms with Crippen LogP contribution in [0, 0.1) is 0 Å². The van der Waals surface area contributed by atoms with E-state index in [1.54, 1.807) is 0 Å². The molecule has 0 radical (unpaired) electrons. The maximum absolute atomic E-state index is 6.08. The quantitative estimate of drug-likeness (QED) is 0.769. The second-order valence-corrected chi connectivity index (χ2v) is 6.01. The lowest BCUT2D eigenvalue weighted by atomic mass is 10.1. The minimum atomic E-state index is 0.365. The Kier molecular flexibility index (Phi) is 6.78. The van der Waals surface area contributed by atoms with E-state index < -0.39 is 0 Å². The van der Waals surface area contributed by atoms with E-state index in [0.29, 0.717) is 12.1 Å². The molecule has 1 unspecified atom stereocenters. The highest BCUT2D eigenvalue weighted by Crippen LogP contribution is 2.14. The Balaban J connectivity index is 2.38. The fraction of sp³-hybridized carbons (Fsp3) is 0.714. The molecule has 2 N–H and O–H groups in total. The van der Waals surface area contributed by atoms with E-state index in [-0.39, 0.29) is 0 Å². The van der Waals surface area contributed by atoms with Crippen LogP contribution in [0.2, 0.25) is 0 Å². The van der Waals surface area contributed by atoms with Crippen LogP contribution in [0.4, 0.5) is 0 Å². The molecule has 0 bridgehead atoms. The molecule has 0 aromatic carbocycles. The van der Waals surface area contributed by atoms with E-state index in [9.17, 15) is 0 Å². The molecule has 0 aliphatic heterocycles. The third kappa shape index (κ3) is 5.66. The summed E-state index contributed by atoms with van der Waals surface area (Å²) in [6, 6.07) is 5.29. The van der Waals surface area contributed by atoms with E-state index in [1.165, 1.54) is 11.3 Å². The zero-order valence-electron chi connectivity index (χ0n) is 11.4. The third-order valence-electron chi connectivity index (χ3n) is 3.12. The molecule has 17 heavy (non-hydrogen) atoms. The van der Waals surface area contributed by atoms with E-state index >= 15 is 0 Å². The van der Waals surface area contributed by atoms with Gasteiger partial charge in [-0.15, -0.1) is 11.3 Å². The molecule has 98 valence electrons. The molecule has 1 aromatic rings. The normalized spacial score (nSPS) is 13.5. The molecule has 0 saturated carbocycles. The first-order valence-corrected chi connectivity index (χ1v) is 7.53. The van der Waals surface area contributed by atoms with Crippen molar-refractivity contribution in [1.29, 1.82) is 0 Å². The highest BCUT2D eigenvalue weighted by atomic mass is 32.1. The number of rotatable bonds is 8. The van der Waals surface area contributed by atoms with Gasteiger partial charge < -0.3 is 5.73 Å². The van der Waals surface area contributed by atoms with Crippen LogP contribution in [0.25, 0.3) is 0 Å². The van der Waals surface area contributed by atoms with Gasteiger partial charge in [0.05, 0.1) is 0 Å². The lowest BCUT2D eigenvalue weighted by Crippen LogP contribution is -2.34. The van der Waals surface area contributed by atoms with Crippen molar-refractivity contribution in [2.24, 2.45) is 5.73 Å². The standard InChI is InChI=1S/C14H26N2S/c1-4-6-13(15)8-9-16(12(2)3)11-14-7-5-10-17-14/h5,7,10,12-13H,4,6,8-9,11,15H2,1-3H3. The lowest BCUT2D eigenvalue weighted by molar-refractivity contribution is 0.205. The Labute approximate surface area is 110 Å². The smallest absolute Gasteiger partial charge is 0.0330 e. The van der Waals surface area contributed by atoms with Crippen molar-refractivity contribution in [2.75, 3.05) is 6.54 Å². The predicted molar refractivity (Wildman–Crippen MR) is 77.4 cm³/mol. The summed E-state index contributed by atoms with van der Waals surface area (Å²) >= 11 is 1.84. The van der Waals surface area contributed by atoms with Crippen LogP contribution in [0.5, 0.6) is 0 Å². The van der Waals surface area contributed by atoms with Crippen molar-refractivity contribution in [2.45, 2.75) is 58.7 Å². The summed E-state index contributed by atoms with van der Waals surface area (Å²) in [5.41, 5.74) is 6.08. The van der Waals surface area contributed by atoms with Gasteiger partial charge in [0.15, 0.2) is 0 Å². The Morgan fingerprint density at radius 1 is 1.35 bits per heavy atom. The van der Waals surface area contributed by atoms with Gasteiger partial charge in [-0.3, -0.25) is 4.90 Å². The molecule has 2 nitrogen and oxygen atoms in total. The summed E-state index contributed by atoms with van der Waals surface area (Å²) in [6.45, 7) is 8.90. The Hall–Kier alpha value is -0.380. The lowest BCUT2D eigenvalue weighted by Gasteiger charge is -2.27. The molecule has 0 aliphatic rings. The van der Waals surface area contributed by atoms with E-state index in [0.717, 1.165) is 25.9 Å². The minimum absolute atomic E-state index is 0.365. The molecule has 3 heteroatoms. The number of nitrogens with two attached hydrogens (primary N) is 1. The largest absolute Gasteiger partial charge is 0.328 e. The van der Waals surface area contributed by atoms with Crippen molar-refractivity contribution in [3.05, 3.63) is 22.4 Å². The van der Waals surface area contributed by atoms with Crippen LogP contribution in [0.3, 0.4) is 0 Å². The molecule has 1 atom stereocenters. The van der Waals surface area contributed by atoms with Gasteiger partial charge in [-0.05, 0) is 38.1 Å². The average molecular weight is 254 g/mol. The molecule has 0 aliphatic carbocycles. The number of hydrogen-bond donors (Lipinski definition) is 1. The molecular weight excluding hydrogens is 228 g/mol. The van der Waals surface area contributed by atoms with Gasteiger partial charge in [-0.25, -0.2) is 0 Å². The van der Waals surface area contributed by atoms with Crippen molar-refractivity contribution >= 4 is 11.3 Å². The molecule has 1 heterocycles. The Morgan fingerprint density at radius 3 is 2.65 bits per heavy atom.